The maximum Gasteiger partial charge on any atom is 0.429 e. The van der Waals surface area contributed by atoms with Gasteiger partial charge >= 0.3 is 12.2 Å². The number of ether oxygens (including phenoxy) is 2. The Bertz CT molecular complexity index is 934. The molecule has 0 aromatic heterocycles. The summed E-state index contributed by atoms with van der Waals surface area (Å²) < 4.78 is 10.7. The maximum absolute atomic E-state index is 13.1. The predicted octanol–water partition coefficient (Wildman–Crippen LogP) is 4.89. The van der Waals surface area contributed by atoms with Crippen molar-refractivity contribution in [3.63, 3.8) is 0 Å². The van der Waals surface area contributed by atoms with Gasteiger partial charge in [0.05, 0.1) is 24.0 Å². The monoisotopic (exact) mass is 443 g/mol. The Hall–Kier alpha value is -3.03. The fourth-order valence-electron chi connectivity index (χ4n) is 4.32. The van der Waals surface area contributed by atoms with E-state index in [1.165, 1.54) is 5.01 Å². The van der Waals surface area contributed by atoms with Gasteiger partial charge in [0.2, 0.25) is 0 Å². The third-order valence-corrected chi connectivity index (χ3v) is 5.86. The minimum absolute atomic E-state index is 0.233. The van der Waals surface area contributed by atoms with Gasteiger partial charge < -0.3 is 14.7 Å². The molecule has 8 nitrogen and oxygen atoms in total. The highest BCUT2D eigenvalue weighted by molar-refractivity contribution is 6.00. The largest absolute Gasteiger partial charge is 0.446 e. The number of hydrogen-bond donors (Lipinski definition) is 2. The van der Waals surface area contributed by atoms with Gasteiger partial charge in [0.15, 0.2) is 0 Å². The zero-order chi connectivity index (χ0) is 23.6. The third kappa shape index (κ3) is 4.89. The molecule has 2 aliphatic rings. The summed E-state index contributed by atoms with van der Waals surface area (Å²) in [5.74, 6) is -0.233. The molecule has 1 spiro atoms. The summed E-state index contributed by atoms with van der Waals surface area (Å²) in [7, 11) is 0. The number of aryl methyl sites for hydroxylation is 1. The van der Waals surface area contributed by atoms with Crippen LogP contribution >= 0.6 is 0 Å². The van der Waals surface area contributed by atoms with Crippen molar-refractivity contribution in [3.8, 4) is 0 Å². The van der Waals surface area contributed by atoms with E-state index in [9.17, 15) is 14.8 Å². The standard InChI is InChI=1S/C24H33N3O5/c1-14(2)31-22(28)25-27(23(29)32-15(3)4)21-19(9-10-24(21)11-12-24)20-13-16(5)7-8-18(20)17(6)26-30/h7-10,13-15,19,21,30H,11-12H2,1-6H3,(H,25,28)/b26-17-/t19-,21-/m1/s1. The molecule has 0 bridgehead atoms. The van der Waals surface area contributed by atoms with Gasteiger partial charge in [-0.2, -0.15) is 0 Å². The Labute approximate surface area is 189 Å². The second kappa shape index (κ2) is 9.22. The molecule has 2 aliphatic carbocycles. The molecule has 1 fully saturated rings. The number of amides is 2. The lowest BCUT2D eigenvalue weighted by molar-refractivity contribution is 0.0205. The number of carbonyl (C=O) groups is 2. The van der Waals surface area contributed by atoms with Gasteiger partial charge in [-0.15, -0.1) is 0 Å². The van der Waals surface area contributed by atoms with E-state index >= 15 is 0 Å². The number of carbonyl (C=O) groups excluding carboxylic acids is 2. The first-order valence-corrected chi connectivity index (χ1v) is 11.0. The van der Waals surface area contributed by atoms with Crippen LogP contribution in [0.25, 0.3) is 0 Å². The molecule has 0 heterocycles. The molecule has 2 amide bonds. The van der Waals surface area contributed by atoms with Crippen molar-refractivity contribution >= 4 is 17.9 Å². The number of hydrazine groups is 1. The van der Waals surface area contributed by atoms with E-state index in [0.29, 0.717) is 5.71 Å². The van der Waals surface area contributed by atoms with Gasteiger partial charge in [-0.1, -0.05) is 41.1 Å². The summed E-state index contributed by atoms with van der Waals surface area (Å²) in [5, 5.41) is 14.1. The summed E-state index contributed by atoms with van der Waals surface area (Å²) in [4.78, 5) is 25.6. The van der Waals surface area contributed by atoms with Crippen molar-refractivity contribution in [2.45, 2.75) is 78.6 Å². The molecule has 2 N–H and O–H groups in total. The summed E-state index contributed by atoms with van der Waals surface area (Å²) in [6, 6.07) is 5.50. The Kier molecular flexibility index (Phi) is 6.81. The van der Waals surface area contributed by atoms with E-state index < -0.39 is 18.2 Å². The summed E-state index contributed by atoms with van der Waals surface area (Å²) >= 11 is 0. The second-order valence-corrected chi connectivity index (χ2v) is 9.21. The number of oxime groups is 1. The van der Waals surface area contributed by atoms with E-state index in [0.717, 1.165) is 29.5 Å². The van der Waals surface area contributed by atoms with Gasteiger partial charge in [0, 0.05) is 16.9 Å². The first-order chi connectivity index (χ1) is 15.1. The number of nitrogens with one attached hydrogen (secondary N) is 1. The van der Waals surface area contributed by atoms with Crippen molar-refractivity contribution < 1.29 is 24.3 Å². The van der Waals surface area contributed by atoms with Gasteiger partial charge in [0.25, 0.3) is 0 Å². The summed E-state index contributed by atoms with van der Waals surface area (Å²) in [6.45, 7) is 10.7. The van der Waals surface area contributed by atoms with E-state index in [1.54, 1.807) is 34.6 Å². The van der Waals surface area contributed by atoms with Crippen LogP contribution in [-0.2, 0) is 9.47 Å². The molecule has 0 aliphatic heterocycles. The minimum Gasteiger partial charge on any atom is -0.446 e. The van der Waals surface area contributed by atoms with Gasteiger partial charge in [-0.25, -0.2) is 20.0 Å². The quantitative estimate of drug-likeness (QED) is 0.292. The highest BCUT2D eigenvalue weighted by atomic mass is 16.6. The third-order valence-electron chi connectivity index (χ3n) is 5.86. The molecule has 1 aromatic rings. The lowest BCUT2D eigenvalue weighted by Crippen LogP contribution is -2.56. The number of nitrogens with zero attached hydrogens (tertiary/aromatic N) is 2. The van der Waals surface area contributed by atoms with Crippen LogP contribution in [-0.4, -0.2) is 46.4 Å². The topological polar surface area (TPSA) is 100 Å². The van der Waals surface area contributed by atoms with E-state index in [2.05, 4.69) is 22.7 Å². The van der Waals surface area contributed by atoms with E-state index in [4.69, 9.17) is 9.47 Å². The first-order valence-electron chi connectivity index (χ1n) is 11.0. The minimum atomic E-state index is -0.709. The molecule has 1 saturated carbocycles. The van der Waals surface area contributed by atoms with Crippen LogP contribution in [0, 0.1) is 12.3 Å². The number of benzene rings is 1. The lowest BCUT2D eigenvalue weighted by Gasteiger charge is -2.37. The molecule has 8 heteroatoms. The van der Waals surface area contributed by atoms with Crippen molar-refractivity contribution in [3.05, 3.63) is 47.0 Å². The van der Waals surface area contributed by atoms with Gasteiger partial charge in [-0.3, -0.25) is 0 Å². The van der Waals surface area contributed by atoms with Crippen LogP contribution in [0.1, 0.15) is 70.1 Å². The predicted molar refractivity (Wildman–Crippen MR) is 121 cm³/mol. The Balaban J connectivity index is 2.05. The Morgan fingerprint density at radius 3 is 2.41 bits per heavy atom. The van der Waals surface area contributed by atoms with Crippen molar-refractivity contribution in [2.75, 3.05) is 0 Å². The van der Waals surface area contributed by atoms with Gasteiger partial charge in [-0.05, 0) is 59.9 Å². The van der Waals surface area contributed by atoms with Gasteiger partial charge in [0.1, 0.15) is 0 Å². The summed E-state index contributed by atoms with van der Waals surface area (Å²) in [6.07, 6.45) is 3.96. The van der Waals surface area contributed by atoms with Crippen molar-refractivity contribution in [1.29, 1.82) is 0 Å². The van der Waals surface area contributed by atoms with E-state index in [1.807, 2.05) is 25.1 Å². The van der Waals surface area contributed by atoms with Crippen molar-refractivity contribution in [2.24, 2.45) is 10.6 Å². The molecule has 0 unspecified atom stereocenters. The van der Waals surface area contributed by atoms with E-state index in [-0.39, 0.29) is 23.5 Å². The van der Waals surface area contributed by atoms with Crippen LogP contribution in [0.3, 0.4) is 0 Å². The smallest absolute Gasteiger partial charge is 0.429 e. The molecule has 1 aromatic carbocycles. The SMILES string of the molecule is C/C(=N/O)c1ccc(C)cc1[C@H]1C=CC2(CC2)[C@@H]1N(NC(=O)OC(C)C)C(=O)OC(C)C. The highest BCUT2D eigenvalue weighted by Gasteiger charge is 2.58. The Morgan fingerprint density at radius 2 is 1.84 bits per heavy atom. The molecule has 32 heavy (non-hydrogen) atoms. The average Bonchev–Trinajstić information content (AvgIpc) is 3.38. The fraction of sp³-hybridized carbons (Fsp3) is 0.542. The zero-order valence-electron chi connectivity index (χ0n) is 19.6. The van der Waals surface area contributed by atoms with Crippen molar-refractivity contribution in [1.82, 2.24) is 10.4 Å². The zero-order valence-corrected chi connectivity index (χ0v) is 19.6. The number of rotatable bonds is 5. The Morgan fingerprint density at radius 1 is 1.19 bits per heavy atom. The van der Waals surface area contributed by atoms with Crippen LogP contribution < -0.4 is 5.43 Å². The highest BCUT2D eigenvalue weighted by Crippen LogP contribution is 2.59. The fourth-order valence-corrected chi connectivity index (χ4v) is 4.32. The van der Waals surface area contributed by atoms with Crippen LogP contribution in [0.15, 0.2) is 35.5 Å². The molecule has 3 rings (SSSR count). The second-order valence-electron chi connectivity index (χ2n) is 9.21. The molecule has 174 valence electrons. The number of hydrogen-bond acceptors (Lipinski definition) is 6. The molecular formula is C24H33N3O5. The normalized spacial score (nSPS) is 21.2. The molecular weight excluding hydrogens is 410 g/mol. The first kappa shape index (κ1) is 23.6. The summed E-state index contributed by atoms with van der Waals surface area (Å²) in [5.41, 5.74) is 5.63. The molecule has 0 radical (unpaired) electrons. The van der Waals surface area contributed by atoms with Crippen LogP contribution in [0.4, 0.5) is 9.59 Å². The van der Waals surface area contributed by atoms with Crippen LogP contribution in [0.5, 0.6) is 0 Å². The lowest BCUT2D eigenvalue weighted by atomic mass is 9.84. The molecule has 0 saturated heterocycles. The molecule has 2 atom stereocenters. The maximum atomic E-state index is 13.1. The van der Waals surface area contributed by atoms with Crippen LogP contribution in [0.2, 0.25) is 0 Å². The average molecular weight is 444 g/mol.